The van der Waals surface area contributed by atoms with Crippen LogP contribution in [0.15, 0.2) is 42.5 Å². The second-order valence-corrected chi connectivity index (χ2v) is 9.31. The van der Waals surface area contributed by atoms with Gasteiger partial charge in [0.1, 0.15) is 17.1 Å². The number of benzene rings is 3. The van der Waals surface area contributed by atoms with E-state index >= 15 is 4.39 Å². The largest absolute Gasteiger partial charge is 0.508 e. The Labute approximate surface area is 217 Å². The van der Waals surface area contributed by atoms with E-state index in [4.69, 9.17) is 21.6 Å². The molecule has 0 amide bonds. The van der Waals surface area contributed by atoms with Crippen LogP contribution >= 0.6 is 11.6 Å². The summed E-state index contributed by atoms with van der Waals surface area (Å²) in [6.45, 7) is 3.15. The zero-order valence-corrected chi connectivity index (χ0v) is 20.7. The maximum Gasteiger partial charge on any atom is 0.319 e. The summed E-state index contributed by atoms with van der Waals surface area (Å²) in [5, 5.41) is 24.7. The van der Waals surface area contributed by atoms with Gasteiger partial charge in [-0.1, -0.05) is 35.9 Å². The fraction of sp³-hybridized carbons (Fsp3) is 0.259. The van der Waals surface area contributed by atoms with Crippen LogP contribution in [0.1, 0.15) is 13.3 Å². The van der Waals surface area contributed by atoms with Gasteiger partial charge in [0.05, 0.1) is 17.5 Å². The van der Waals surface area contributed by atoms with Crippen molar-refractivity contribution in [3.8, 4) is 29.0 Å². The number of phenolic OH excluding ortho intramolecular Hbond substituents is 1. The molecule has 1 aliphatic heterocycles. The summed E-state index contributed by atoms with van der Waals surface area (Å²) < 4.78 is 21.9. The molecule has 1 aromatic heterocycles. The molecule has 5 rings (SSSR count). The number of hydrogen-bond acceptors (Lipinski definition) is 8. The number of fused-ring (bicyclic) bond motifs is 2. The van der Waals surface area contributed by atoms with Gasteiger partial charge in [-0.2, -0.15) is 15.2 Å². The van der Waals surface area contributed by atoms with E-state index in [1.165, 1.54) is 13.0 Å². The highest BCUT2D eigenvalue weighted by atomic mass is 35.5. The number of aldehydes is 1. The number of nitrogens with one attached hydrogen (secondary N) is 1. The number of piperazine rings is 1. The molecule has 0 aliphatic carbocycles. The lowest BCUT2D eigenvalue weighted by Crippen LogP contribution is -2.51. The molecule has 2 unspecified atom stereocenters. The second kappa shape index (κ2) is 10.2. The molecule has 10 heteroatoms. The van der Waals surface area contributed by atoms with Crippen LogP contribution in [0.4, 0.5) is 10.2 Å². The number of rotatable bonds is 6. The van der Waals surface area contributed by atoms with Gasteiger partial charge < -0.3 is 20.1 Å². The van der Waals surface area contributed by atoms with Crippen LogP contribution in [0, 0.1) is 17.1 Å². The van der Waals surface area contributed by atoms with Crippen molar-refractivity contribution in [2.24, 2.45) is 0 Å². The average Bonchev–Trinajstić information content (AvgIpc) is 2.89. The van der Waals surface area contributed by atoms with Crippen LogP contribution < -0.4 is 15.0 Å². The quantitative estimate of drug-likeness (QED) is 0.355. The summed E-state index contributed by atoms with van der Waals surface area (Å²) in [5.74, 6) is -0.328. The van der Waals surface area contributed by atoms with Gasteiger partial charge in [-0.25, -0.2) is 4.39 Å². The van der Waals surface area contributed by atoms with Gasteiger partial charge in [0, 0.05) is 36.6 Å². The van der Waals surface area contributed by atoms with E-state index in [2.05, 4.69) is 21.4 Å². The van der Waals surface area contributed by atoms with Crippen LogP contribution in [0.5, 0.6) is 11.8 Å². The van der Waals surface area contributed by atoms with E-state index in [0.29, 0.717) is 54.5 Å². The summed E-state index contributed by atoms with van der Waals surface area (Å²) in [5.41, 5.74) is 0.475. The van der Waals surface area contributed by atoms with Gasteiger partial charge >= 0.3 is 6.01 Å². The molecule has 2 N–H and O–H groups in total. The van der Waals surface area contributed by atoms with Crippen molar-refractivity contribution in [3.63, 3.8) is 0 Å². The third-order valence-corrected chi connectivity index (χ3v) is 6.63. The first-order chi connectivity index (χ1) is 17.9. The van der Waals surface area contributed by atoms with Gasteiger partial charge in [-0.05, 0) is 41.5 Å². The Bertz CT molecular complexity index is 1560. The molecule has 2 atom stereocenters. The molecule has 188 valence electrons. The monoisotopic (exact) mass is 519 g/mol. The minimum absolute atomic E-state index is 0.0270. The predicted molar refractivity (Wildman–Crippen MR) is 140 cm³/mol. The van der Waals surface area contributed by atoms with Crippen LogP contribution in [0.3, 0.4) is 0 Å². The SMILES string of the molecule is CC(C=O)Oc1nc(N2CCNC(CC#N)C2)c2cc(Cl)c(-c3cc(O)cc4ccccc34)c(F)c2n1. The Morgan fingerprint density at radius 3 is 2.92 bits per heavy atom. The number of anilines is 1. The number of halogens is 2. The number of nitriles is 1. The van der Waals surface area contributed by atoms with Gasteiger partial charge in [0.25, 0.3) is 0 Å². The first-order valence-electron chi connectivity index (χ1n) is 11.8. The van der Waals surface area contributed by atoms with Gasteiger partial charge in [-0.3, -0.25) is 4.79 Å². The van der Waals surface area contributed by atoms with Crippen molar-refractivity contribution >= 4 is 45.4 Å². The topological polar surface area (TPSA) is 111 Å². The average molecular weight is 520 g/mol. The number of phenols is 1. The van der Waals surface area contributed by atoms with Crippen molar-refractivity contribution in [3.05, 3.63) is 53.3 Å². The highest BCUT2D eigenvalue weighted by Crippen LogP contribution is 2.42. The third-order valence-electron chi connectivity index (χ3n) is 6.33. The molecule has 2 heterocycles. The van der Waals surface area contributed by atoms with E-state index in [1.54, 1.807) is 12.1 Å². The van der Waals surface area contributed by atoms with Gasteiger partial charge in [-0.15, -0.1) is 0 Å². The predicted octanol–water partition coefficient (Wildman–Crippen LogP) is 4.61. The first kappa shape index (κ1) is 24.7. The normalized spacial score (nSPS) is 16.5. The number of ether oxygens (including phenoxy) is 1. The molecule has 4 aromatic rings. The van der Waals surface area contributed by atoms with Gasteiger partial charge in [0.2, 0.25) is 0 Å². The van der Waals surface area contributed by atoms with E-state index in [1.807, 2.05) is 29.2 Å². The van der Waals surface area contributed by atoms with Crippen molar-refractivity contribution < 1.29 is 19.0 Å². The van der Waals surface area contributed by atoms with Crippen molar-refractivity contribution in [1.82, 2.24) is 15.3 Å². The summed E-state index contributed by atoms with van der Waals surface area (Å²) in [6, 6.07) is 13.9. The number of carbonyl (C=O) groups is 1. The molecule has 0 radical (unpaired) electrons. The Kier molecular flexibility index (Phi) is 6.78. The zero-order valence-electron chi connectivity index (χ0n) is 19.9. The molecular formula is C27H23ClFN5O3. The van der Waals surface area contributed by atoms with E-state index < -0.39 is 11.9 Å². The molecule has 3 aromatic carbocycles. The fourth-order valence-corrected chi connectivity index (χ4v) is 4.95. The maximum atomic E-state index is 16.4. The Morgan fingerprint density at radius 2 is 2.14 bits per heavy atom. The fourth-order valence-electron chi connectivity index (χ4n) is 4.66. The van der Waals surface area contributed by atoms with Crippen molar-refractivity contribution in [2.45, 2.75) is 25.5 Å². The van der Waals surface area contributed by atoms with Crippen LogP contribution in [-0.4, -0.2) is 53.1 Å². The molecule has 1 saturated heterocycles. The highest BCUT2D eigenvalue weighted by Gasteiger charge is 2.27. The molecule has 1 fully saturated rings. The standard InChI is InChI=1S/C27H23ClFN5O3/c1-15(14-35)37-27-32-25-21(26(33-27)34-9-8-31-17(13-34)6-7-30)12-22(28)23(24(25)29)20-11-18(36)10-16-4-2-3-5-19(16)20/h2-5,10-12,14-15,17,31,36H,6,8-9,13H2,1H3. The lowest BCUT2D eigenvalue weighted by Gasteiger charge is -2.34. The molecule has 1 aliphatic rings. The van der Waals surface area contributed by atoms with Crippen molar-refractivity contribution in [2.75, 3.05) is 24.5 Å². The van der Waals surface area contributed by atoms with Gasteiger partial charge in [0.15, 0.2) is 18.2 Å². The van der Waals surface area contributed by atoms with Crippen LogP contribution in [-0.2, 0) is 4.79 Å². The summed E-state index contributed by atoms with van der Waals surface area (Å²) in [4.78, 5) is 22.0. The molecule has 37 heavy (non-hydrogen) atoms. The number of aromatic nitrogens is 2. The van der Waals surface area contributed by atoms with E-state index in [9.17, 15) is 9.90 Å². The Balaban J connectivity index is 1.75. The number of carbonyl (C=O) groups excluding carboxylic acids is 1. The second-order valence-electron chi connectivity index (χ2n) is 8.91. The Hall–Kier alpha value is -4.00. The number of nitrogens with zero attached hydrogens (tertiary/aromatic N) is 4. The molecule has 0 spiro atoms. The number of hydrogen-bond donors (Lipinski definition) is 2. The summed E-state index contributed by atoms with van der Waals surface area (Å²) in [7, 11) is 0. The Morgan fingerprint density at radius 1 is 1.32 bits per heavy atom. The third kappa shape index (κ3) is 4.73. The van der Waals surface area contributed by atoms with E-state index in [-0.39, 0.29) is 33.9 Å². The minimum Gasteiger partial charge on any atom is -0.508 e. The first-order valence-corrected chi connectivity index (χ1v) is 12.2. The molecule has 0 saturated carbocycles. The summed E-state index contributed by atoms with van der Waals surface area (Å²) >= 11 is 6.70. The van der Waals surface area contributed by atoms with Crippen LogP contribution in [0.2, 0.25) is 5.02 Å². The lowest BCUT2D eigenvalue weighted by atomic mass is 9.96. The minimum atomic E-state index is -0.843. The highest BCUT2D eigenvalue weighted by molar-refractivity contribution is 6.35. The smallest absolute Gasteiger partial charge is 0.319 e. The number of aromatic hydroxyl groups is 1. The van der Waals surface area contributed by atoms with Crippen LogP contribution in [0.25, 0.3) is 32.8 Å². The maximum absolute atomic E-state index is 16.4. The summed E-state index contributed by atoms with van der Waals surface area (Å²) in [6.07, 6.45) is 0.0582. The molecule has 8 nitrogen and oxygen atoms in total. The molecule has 0 bridgehead atoms. The zero-order chi connectivity index (χ0) is 26.1. The lowest BCUT2D eigenvalue weighted by molar-refractivity contribution is -0.113. The van der Waals surface area contributed by atoms with E-state index in [0.717, 1.165) is 5.39 Å². The van der Waals surface area contributed by atoms with Crippen molar-refractivity contribution in [1.29, 1.82) is 5.26 Å². The molecular weight excluding hydrogens is 497 g/mol.